The van der Waals surface area contributed by atoms with Crippen LogP contribution in [0.3, 0.4) is 0 Å². The highest BCUT2D eigenvalue weighted by Crippen LogP contribution is 2.33. The summed E-state index contributed by atoms with van der Waals surface area (Å²) >= 11 is 0. The summed E-state index contributed by atoms with van der Waals surface area (Å²) in [6.07, 6.45) is -4.22. The number of carbonyl (C=O) groups is 2. The van der Waals surface area contributed by atoms with E-state index in [-0.39, 0.29) is 17.3 Å². The second-order valence-corrected chi connectivity index (χ2v) is 8.04. The minimum absolute atomic E-state index is 0.110. The first-order valence-electron chi connectivity index (χ1n) is 10.8. The summed E-state index contributed by atoms with van der Waals surface area (Å²) in [6.45, 7) is 0.542. The van der Waals surface area contributed by atoms with E-state index in [1.165, 1.54) is 24.3 Å². The van der Waals surface area contributed by atoms with Crippen LogP contribution >= 0.6 is 0 Å². The van der Waals surface area contributed by atoms with Gasteiger partial charge in [0.15, 0.2) is 11.4 Å². The SMILES string of the molecule is O=C(Nc1ccc(C(=O)N2CCc3ccccc32)cc1)c1nnn(-c2ccc(F)cc2)c1C(F)(F)F. The van der Waals surface area contributed by atoms with Gasteiger partial charge in [-0.2, -0.15) is 13.2 Å². The highest BCUT2D eigenvalue weighted by Gasteiger charge is 2.42. The molecule has 1 aromatic heterocycles. The van der Waals surface area contributed by atoms with Gasteiger partial charge in [-0.15, -0.1) is 5.10 Å². The molecule has 2 heterocycles. The second-order valence-electron chi connectivity index (χ2n) is 8.04. The van der Waals surface area contributed by atoms with Crippen LogP contribution in [0, 0.1) is 5.82 Å². The van der Waals surface area contributed by atoms with Crippen molar-refractivity contribution in [2.24, 2.45) is 0 Å². The highest BCUT2D eigenvalue weighted by atomic mass is 19.4. The molecule has 0 aliphatic carbocycles. The maximum atomic E-state index is 13.8. The van der Waals surface area contributed by atoms with Gasteiger partial charge in [0.25, 0.3) is 11.8 Å². The Balaban J connectivity index is 1.36. The lowest BCUT2D eigenvalue weighted by Crippen LogP contribution is -2.28. The summed E-state index contributed by atoms with van der Waals surface area (Å²) in [5.41, 5.74) is -0.00756. The summed E-state index contributed by atoms with van der Waals surface area (Å²) in [6, 6.07) is 17.5. The molecule has 5 rings (SSSR count). The normalized spacial score (nSPS) is 12.9. The molecule has 182 valence electrons. The van der Waals surface area contributed by atoms with E-state index in [9.17, 15) is 27.2 Å². The predicted molar refractivity (Wildman–Crippen MR) is 123 cm³/mol. The Morgan fingerprint density at radius 1 is 0.917 bits per heavy atom. The molecule has 0 spiro atoms. The van der Waals surface area contributed by atoms with E-state index in [1.54, 1.807) is 4.90 Å². The van der Waals surface area contributed by atoms with E-state index < -0.39 is 29.3 Å². The van der Waals surface area contributed by atoms with Crippen molar-refractivity contribution in [3.8, 4) is 5.69 Å². The smallest absolute Gasteiger partial charge is 0.321 e. The number of benzene rings is 3. The first kappa shape index (κ1) is 23.2. The van der Waals surface area contributed by atoms with Crippen molar-refractivity contribution in [1.29, 1.82) is 0 Å². The lowest BCUT2D eigenvalue weighted by molar-refractivity contribution is -0.143. The number of fused-ring (bicyclic) bond motifs is 1. The quantitative estimate of drug-likeness (QED) is 0.410. The number of aromatic nitrogens is 3. The van der Waals surface area contributed by atoms with Gasteiger partial charge in [-0.05, 0) is 66.6 Å². The average molecular weight is 495 g/mol. The van der Waals surface area contributed by atoms with E-state index in [1.807, 2.05) is 24.3 Å². The van der Waals surface area contributed by atoms with E-state index in [4.69, 9.17) is 0 Å². The molecule has 0 saturated carbocycles. The minimum Gasteiger partial charge on any atom is -0.321 e. The van der Waals surface area contributed by atoms with Crippen molar-refractivity contribution in [3.63, 3.8) is 0 Å². The van der Waals surface area contributed by atoms with E-state index in [0.29, 0.717) is 16.8 Å². The van der Waals surface area contributed by atoms with Crippen LogP contribution in [-0.2, 0) is 12.6 Å². The fourth-order valence-electron chi connectivity index (χ4n) is 4.04. The molecule has 0 unspecified atom stereocenters. The molecule has 0 saturated heterocycles. The fraction of sp³-hybridized carbons (Fsp3) is 0.120. The van der Waals surface area contributed by atoms with Gasteiger partial charge in [0.05, 0.1) is 5.69 Å². The summed E-state index contributed by atoms with van der Waals surface area (Å²) in [4.78, 5) is 27.3. The summed E-state index contributed by atoms with van der Waals surface area (Å²) in [7, 11) is 0. The number of halogens is 4. The summed E-state index contributed by atoms with van der Waals surface area (Å²) in [5.74, 6) is -2.00. The van der Waals surface area contributed by atoms with E-state index >= 15 is 0 Å². The van der Waals surface area contributed by atoms with Gasteiger partial charge in [0, 0.05) is 23.5 Å². The van der Waals surface area contributed by atoms with Crippen molar-refractivity contribution in [3.05, 3.63) is 101 Å². The predicted octanol–water partition coefficient (Wildman–Crippen LogP) is 4.88. The molecule has 4 aromatic rings. The molecule has 1 aliphatic heterocycles. The van der Waals surface area contributed by atoms with Crippen molar-refractivity contribution in [1.82, 2.24) is 15.0 Å². The molecular weight excluding hydrogens is 478 g/mol. The lowest BCUT2D eigenvalue weighted by atomic mass is 10.1. The number of amides is 2. The molecule has 1 aliphatic rings. The van der Waals surface area contributed by atoms with E-state index in [0.717, 1.165) is 41.9 Å². The minimum atomic E-state index is -4.97. The molecule has 11 heteroatoms. The first-order chi connectivity index (χ1) is 17.2. The lowest BCUT2D eigenvalue weighted by Gasteiger charge is -2.17. The van der Waals surface area contributed by atoms with Gasteiger partial charge >= 0.3 is 6.18 Å². The van der Waals surface area contributed by atoms with Crippen LogP contribution in [0.2, 0.25) is 0 Å². The van der Waals surface area contributed by atoms with Crippen molar-refractivity contribution in [2.45, 2.75) is 12.6 Å². The van der Waals surface area contributed by atoms with Crippen molar-refractivity contribution >= 4 is 23.2 Å². The summed E-state index contributed by atoms with van der Waals surface area (Å²) < 4.78 is 55.0. The number of rotatable bonds is 4. The first-order valence-corrected chi connectivity index (χ1v) is 10.8. The Morgan fingerprint density at radius 2 is 1.61 bits per heavy atom. The molecule has 0 fully saturated rings. The maximum absolute atomic E-state index is 13.8. The number of anilines is 2. The second kappa shape index (κ2) is 8.91. The van der Waals surface area contributed by atoms with Crippen molar-refractivity contribution in [2.75, 3.05) is 16.8 Å². The van der Waals surface area contributed by atoms with E-state index in [2.05, 4.69) is 15.6 Å². The number of alkyl halides is 3. The molecule has 2 amide bonds. The third-order valence-electron chi connectivity index (χ3n) is 5.75. The third kappa shape index (κ3) is 4.30. The number of hydrogen-bond acceptors (Lipinski definition) is 4. The zero-order valence-electron chi connectivity index (χ0n) is 18.5. The highest BCUT2D eigenvalue weighted by molar-refractivity contribution is 6.08. The van der Waals surface area contributed by atoms with Crippen LogP contribution in [0.4, 0.5) is 28.9 Å². The zero-order chi connectivity index (χ0) is 25.4. The number of carbonyl (C=O) groups excluding carboxylic acids is 2. The monoisotopic (exact) mass is 495 g/mol. The van der Waals surface area contributed by atoms with Crippen molar-refractivity contribution < 1.29 is 27.2 Å². The average Bonchev–Trinajstić information content (AvgIpc) is 3.50. The van der Waals surface area contributed by atoms with Gasteiger partial charge in [-0.25, -0.2) is 9.07 Å². The Kier molecular flexibility index (Phi) is 5.75. The third-order valence-corrected chi connectivity index (χ3v) is 5.75. The van der Waals surface area contributed by atoms with Gasteiger partial charge in [0.1, 0.15) is 5.82 Å². The van der Waals surface area contributed by atoms with Gasteiger partial charge in [0.2, 0.25) is 0 Å². The molecule has 0 radical (unpaired) electrons. The molecule has 7 nitrogen and oxygen atoms in total. The zero-order valence-corrected chi connectivity index (χ0v) is 18.5. The number of hydrogen-bond donors (Lipinski definition) is 1. The van der Waals surface area contributed by atoms with Crippen LogP contribution in [-0.4, -0.2) is 33.4 Å². The Bertz CT molecular complexity index is 1450. The van der Waals surface area contributed by atoms with Crippen LogP contribution in [0.15, 0.2) is 72.8 Å². The molecule has 0 atom stereocenters. The molecule has 3 aromatic carbocycles. The van der Waals surface area contributed by atoms with Gasteiger partial charge < -0.3 is 10.2 Å². The van der Waals surface area contributed by atoms with Gasteiger partial charge in [-0.1, -0.05) is 23.4 Å². The number of nitrogens with zero attached hydrogens (tertiary/aromatic N) is 4. The van der Waals surface area contributed by atoms with Crippen LogP contribution in [0.1, 0.15) is 32.1 Å². The number of nitrogens with one attached hydrogen (secondary N) is 1. The van der Waals surface area contributed by atoms with Gasteiger partial charge in [-0.3, -0.25) is 9.59 Å². The Hall–Kier alpha value is -4.54. The van der Waals surface area contributed by atoms with Crippen LogP contribution in [0.25, 0.3) is 5.69 Å². The largest absolute Gasteiger partial charge is 0.435 e. The Labute approximate surface area is 202 Å². The summed E-state index contributed by atoms with van der Waals surface area (Å²) in [5, 5.41) is 9.24. The molecular formula is C25H17F4N5O2. The fourth-order valence-corrected chi connectivity index (χ4v) is 4.04. The van der Waals surface area contributed by atoms with Crippen LogP contribution in [0.5, 0.6) is 0 Å². The molecule has 0 bridgehead atoms. The topological polar surface area (TPSA) is 80.1 Å². The Morgan fingerprint density at radius 3 is 2.31 bits per heavy atom. The molecule has 36 heavy (non-hydrogen) atoms. The maximum Gasteiger partial charge on any atom is 0.435 e. The number of para-hydroxylation sites is 1. The molecule has 1 N–H and O–H groups in total. The van der Waals surface area contributed by atoms with Crippen LogP contribution < -0.4 is 10.2 Å². The standard InChI is InChI=1S/C25H17F4N5O2/c26-17-7-11-19(12-8-17)34-22(25(27,28)29)21(31-32-34)23(35)30-18-9-5-16(6-10-18)24(36)33-14-13-15-3-1-2-4-20(15)33/h1-12H,13-14H2,(H,30,35).